The summed E-state index contributed by atoms with van der Waals surface area (Å²) in [5, 5.41) is 3.05. The van der Waals surface area contributed by atoms with E-state index < -0.39 is 23.8 Å². The molecule has 1 N–H and O–H groups in total. The third kappa shape index (κ3) is 4.34. The molecule has 0 spiro atoms. The summed E-state index contributed by atoms with van der Waals surface area (Å²) in [6.07, 6.45) is 1.19. The number of hydrogen-bond donors (Lipinski definition) is 1. The van der Waals surface area contributed by atoms with Gasteiger partial charge in [0.25, 0.3) is 5.91 Å². The maximum atomic E-state index is 12.4. The van der Waals surface area contributed by atoms with Gasteiger partial charge in [-0.25, -0.2) is 4.79 Å². The van der Waals surface area contributed by atoms with E-state index in [2.05, 4.69) is 5.32 Å². The van der Waals surface area contributed by atoms with Crippen LogP contribution < -0.4 is 14.8 Å². The molecule has 8 nitrogen and oxygen atoms in total. The van der Waals surface area contributed by atoms with E-state index in [9.17, 15) is 14.4 Å². The van der Waals surface area contributed by atoms with Gasteiger partial charge in [0.15, 0.2) is 6.61 Å². The smallest absolute Gasteiger partial charge is 0.341 e. The van der Waals surface area contributed by atoms with Gasteiger partial charge in [-0.3, -0.25) is 9.59 Å². The zero-order valence-electron chi connectivity index (χ0n) is 16.3. The summed E-state index contributed by atoms with van der Waals surface area (Å²) in [6, 6.07) is 6.82. The predicted octanol–water partition coefficient (Wildman–Crippen LogP) is 2.76. The Morgan fingerprint density at radius 2 is 1.76 bits per heavy atom. The van der Waals surface area contributed by atoms with Gasteiger partial charge in [-0.2, -0.15) is 0 Å². The summed E-state index contributed by atoms with van der Waals surface area (Å²) in [5.41, 5.74) is 0.790. The van der Waals surface area contributed by atoms with Crippen molar-refractivity contribution in [2.75, 3.05) is 33.3 Å². The molecule has 154 valence electrons. The summed E-state index contributed by atoms with van der Waals surface area (Å²) in [6.45, 7) is -0.240. The maximum absolute atomic E-state index is 12.4. The van der Waals surface area contributed by atoms with Gasteiger partial charge in [-0.1, -0.05) is 0 Å². The highest BCUT2D eigenvalue weighted by atomic mass is 32.1. The first-order valence-corrected chi connectivity index (χ1v) is 9.68. The Balaban J connectivity index is 1.75. The molecule has 0 fully saturated rings. The Morgan fingerprint density at radius 3 is 2.38 bits per heavy atom. The monoisotopic (exact) mass is 419 g/mol. The van der Waals surface area contributed by atoms with Crippen molar-refractivity contribution in [2.24, 2.45) is 0 Å². The van der Waals surface area contributed by atoms with Crippen molar-refractivity contribution in [1.82, 2.24) is 0 Å². The number of ether oxygens (including phenoxy) is 4. The summed E-state index contributed by atoms with van der Waals surface area (Å²) in [5.74, 6) is -0.800. The zero-order valence-corrected chi connectivity index (χ0v) is 17.1. The molecule has 2 aromatic rings. The molecule has 0 saturated carbocycles. The van der Waals surface area contributed by atoms with E-state index >= 15 is 0 Å². The number of methoxy groups -OCH3 is 3. The number of anilines is 1. The molecule has 1 aliphatic rings. The molecule has 0 aliphatic heterocycles. The Bertz CT molecular complexity index is 920. The van der Waals surface area contributed by atoms with Crippen molar-refractivity contribution < 1.29 is 33.3 Å². The first kappa shape index (κ1) is 20.7. The molecule has 0 radical (unpaired) electrons. The predicted molar refractivity (Wildman–Crippen MR) is 106 cm³/mol. The van der Waals surface area contributed by atoms with Gasteiger partial charge in [0, 0.05) is 4.88 Å². The second-order valence-corrected chi connectivity index (χ2v) is 7.37. The largest absolute Gasteiger partial charge is 0.497 e. The van der Waals surface area contributed by atoms with Crippen molar-refractivity contribution in [2.45, 2.75) is 18.8 Å². The number of aryl methyl sites for hydroxylation is 1. The van der Waals surface area contributed by atoms with Crippen LogP contribution in [0, 0.1) is 0 Å². The Morgan fingerprint density at radius 1 is 1.07 bits per heavy atom. The normalized spacial score (nSPS) is 14.7. The first-order valence-electron chi connectivity index (χ1n) is 8.86. The number of rotatable bonds is 7. The fourth-order valence-corrected chi connectivity index (χ4v) is 4.50. The van der Waals surface area contributed by atoms with E-state index in [0.29, 0.717) is 34.9 Å². The molecule has 1 aliphatic carbocycles. The zero-order chi connectivity index (χ0) is 21.0. The average Bonchev–Trinajstić information content (AvgIpc) is 3.30. The molecule has 1 atom stereocenters. The summed E-state index contributed by atoms with van der Waals surface area (Å²) in [7, 11) is 4.13. The van der Waals surface area contributed by atoms with E-state index in [-0.39, 0.29) is 12.2 Å². The number of fused-ring (bicyclic) bond motifs is 1. The molecule has 0 bridgehead atoms. The van der Waals surface area contributed by atoms with Crippen LogP contribution in [0.1, 0.15) is 33.1 Å². The van der Waals surface area contributed by atoms with Crippen LogP contribution in [-0.2, 0) is 25.5 Å². The van der Waals surface area contributed by atoms with Crippen LogP contribution in [-0.4, -0.2) is 45.8 Å². The maximum Gasteiger partial charge on any atom is 0.341 e. The Kier molecular flexibility index (Phi) is 6.38. The SMILES string of the molecule is COC(=O)c1c(NC(=O)COc2ccc(OC)cc2)sc2c1[C@@H](C(=O)OC)CC2. The molecule has 1 aromatic heterocycles. The summed E-state index contributed by atoms with van der Waals surface area (Å²) < 4.78 is 20.3. The lowest BCUT2D eigenvalue weighted by atomic mass is 9.99. The van der Waals surface area contributed by atoms with Crippen LogP contribution >= 0.6 is 11.3 Å². The van der Waals surface area contributed by atoms with Crippen molar-refractivity contribution in [3.63, 3.8) is 0 Å². The second kappa shape index (κ2) is 8.95. The lowest BCUT2D eigenvalue weighted by molar-refractivity contribution is -0.142. The van der Waals surface area contributed by atoms with E-state index in [0.717, 1.165) is 4.88 Å². The molecule has 3 rings (SSSR count). The third-order valence-electron chi connectivity index (χ3n) is 4.59. The molecule has 0 saturated heterocycles. The van der Waals surface area contributed by atoms with E-state index in [1.54, 1.807) is 31.4 Å². The Hall–Kier alpha value is -3.07. The van der Waals surface area contributed by atoms with Crippen LogP contribution in [0.25, 0.3) is 0 Å². The highest BCUT2D eigenvalue weighted by molar-refractivity contribution is 7.17. The number of amides is 1. The van der Waals surface area contributed by atoms with E-state index in [1.165, 1.54) is 25.6 Å². The average molecular weight is 419 g/mol. The topological polar surface area (TPSA) is 100 Å². The fraction of sp³-hybridized carbons (Fsp3) is 0.350. The summed E-state index contributed by atoms with van der Waals surface area (Å²) in [4.78, 5) is 37.7. The third-order valence-corrected chi connectivity index (χ3v) is 5.77. The fourth-order valence-electron chi connectivity index (χ4n) is 3.22. The van der Waals surface area contributed by atoms with Gasteiger partial charge >= 0.3 is 11.9 Å². The first-order chi connectivity index (χ1) is 14.0. The van der Waals surface area contributed by atoms with E-state index in [4.69, 9.17) is 18.9 Å². The second-order valence-electron chi connectivity index (χ2n) is 6.26. The van der Waals surface area contributed by atoms with Gasteiger partial charge in [0.1, 0.15) is 16.5 Å². The van der Waals surface area contributed by atoms with Crippen LogP contribution in [0.15, 0.2) is 24.3 Å². The van der Waals surface area contributed by atoms with Crippen LogP contribution in [0.3, 0.4) is 0 Å². The molecule has 1 amide bonds. The van der Waals surface area contributed by atoms with Crippen molar-refractivity contribution in [3.05, 3.63) is 40.3 Å². The number of esters is 2. The van der Waals surface area contributed by atoms with E-state index in [1.807, 2.05) is 0 Å². The molecular formula is C20H21NO7S. The number of benzene rings is 1. The minimum atomic E-state index is -0.607. The van der Waals surface area contributed by atoms with Gasteiger partial charge in [-0.15, -0.1) is 11.3 Å². The molecule has 29 heavy (non-hydrogen) atoms. The quantitative estimate of drug-likeness (QED) is 0.689. The molecule has 1 heterocycles. The lowest BCUT2D eigenvalue weighted by Crippen LogP contribution is -2.22. The van der Waals surface area contributed by atoms with Gasteiger partial charge < -0.3 is 24.3 Å². The standard InChI is InChI=1S/C20H21NO7S/c1-25-11-4-6-12(7-5-11)28-10-15(22)21-18-17(20(24)27-3)16-13(19(23)26-2)8-9-14(16)29-18/h4-7,13H,8-10H2,1-3H3,(H,21,22)/t13-/m0/s1. The van der Waals surface area contributed by atoms with Crippen molar-refractivity contribution >= 4 is 34.2 Å². The molecule has 0 unspecified atom stereocenters. The van der Waals surface area contributed by atoms with Crippen molar-refractivity contribution in [3.8, 4) is 11.5 Å². The van der Waals surface area contributed by atoms with Crippen LogP contribution in [0.5, 0.6) is 11.5 Å². The minimum absolute atomic E-state index is 0.207. The number of thiophene rings is 1. The molecule has 9 heteroatoms. The lowest BCUT2D eigenvalue weighted by Gasteiger charge is -2.12. The number of hydrogen-bond acceptors (Lipinski definition) is 8. The van der Waals surface area contributed by atoms with Gasteiger partial charge in [-0.05, 0) is 42.7 Å². The number of carbonyl (C=O) groups excluding carboxylic acids is 3. The van der Waals surface area contributed by atoms with Crippen molar-refractivity contribution in [1.29, 1.82) is 0 Å². The van der Waals surface area contributed by atoms with Crippen LogP contribution in [0.2, 0.25) is 0 Å². The highest BCUT2D eigenvalue weighted by Crippen LogP contribution is 2.45. The number of nitrogens with one attached hydrogen (secondary N) is 1. The van der Waals surface area contributed by atoms with Gasteiger partial charge in [0.05, 0.1) is 32.8 Å². The van der Waals surface area contributed by atoms with Gasteiger partial charge in [0.2, 0.25) is 0 Å². The Labute approximate surface area is 171 Å². The number of carbonyl (C=O) groups is 3. The highest BCUT2D eigenvalue weighted by Gasteiger charge is 2.38. The molecule has 1 aromatic carbocycles. The summed E-state index contributed by atoms with van der Waals surface area (Å²) >= 11 is 1.27. The van der Waals surface area contributed by atoms with Crippen LogP contribution in [0.4, 0.5) is 5.00 Å². The minimum Gasteiger partial charge on any atom is -0.497 e. The molecular weight excluding hydrogens is 398 g/mol.